The van der Waals surface area contributed by atoms with Crippen LogP contribution in [0.15, 0.2) is 12.1 Å². The van der Waals surface area contributed by atoms with Gasteiger partial charge in [-0.15, -0.1) is 0 Å². The van der Waals surface area contributed by atoms with E-state index in [1.54, 1.807) is 6.07 Å². The van der Waals surface area contributed by atoms with E-state index in [4.69, 9.17) is 14.2 Å². The molecule has 7 heteroatoms. The minimum absolute atomic E-state index is 0.0589. The molecule has 2 fully saturated rings. The van der Waals surface area contributed by atoms with Gasteiger partial charge in [-0.25, -0.2) is 0 Å². The zero-order valence-corrected chi connectivity index (χ0v) is 22.3. The van der Waals surface area contributed by atoms with Crippen LogP contribution in [0.1, 0.15) is 71.4 Å². The summed E-state index contributed by atoms with van der Waals surface area (Å²) < 4.78 is 19.0. The first-order valence-electron chi connectivity index (χ1n) is 13.2. The number of piperidine rings is 1. The summed E-state index contributed by atoms with van der Waals surface area (Å²) >= 11 is 0. The normalized spacial score (nSPS) is 34.3. The molecule has 2 aliphatic heterocycles. The molecule has 0 aromatic heterocycles. The van der Waals surface area contributed by atoms with Crippen LogP contribution in [0.4, 0.5) is 0 Å². The van der Waals surface area contributed by atoms with Crippen molar-refractivity contribution in [2.75, 3.05) is 20.7 Å². The molecule has 2 heterocycles. The van der Waals surface area contributed by atoms with Crippen LogP contribution in [0.5, 0.6) is 11.5 Å². The van der Waals surface area contributed by atoms with Crippen molar-refractivity contribution in [3.05, 3.63) is 23.3 Å². The van der Waals surface area contributed by atoms with E-state index in [2.05, 4.69) is 37.2 Å². The lowest BCUT2D eigenvalue weighted by Gasteiger charge is -2.65. The smallest absolute Gasteiger partial charge is 0.323 e. The number of hydrogen-bond donors (Lipinski definition) is 2. The maximum Gasteiger partial charge on any atom is 0.323 e. The first-order chi connectivity index (χ1) is 16.4. The SMILES string of the molecule is CO[C@@]12CCC(N[C@@H](CC(C)C)C(=O)OC(C)(C)C)[C@@H]3Oc4c(O)ccc5c4[C@@]31CCN(C)C2C5. The van der Waals surface area contributed by atoms with Gasteiger partial charge in [0.15, 0.2) is 11.5 Å². The van der Waals surface area contributed by atoms with Crippen molar-refractivity contribution in [2.24, 2.45) is 5.92 Å². The lowest BCUT2D eigenvalue weighted by atomic mass is 9.48. The standard InChI is InChI=1S/C28H42N2O5/c1-16(2)14-19(25(32)35-26(3,4)5)29-18-10-11-28(33-7)21-15-17-8-9-20(31)23-22(17)27(28,24(18)34-23)12-13-30(21)6/h8-9,16,18-19,21,24,29,31H,10-15H2,1-7H3/t18?,19-,21?,24-,27-,28+/m0/s1. The molecule has 2 bridgehead atoms. The topological polar surface area (TPSA) is 80.3 Å². The second kappa shape index (κ2) is 8.35. The Bertz CT molecular complexity index is 1000. The number of esters is 1. The van der Waals surface area contributed by atoms with Crippen LogP contribution in [0.2, 0.25) is 0 Å². The summed E-state index contributed by atoms with van der Waals surface area (Å²) in [5.41, 5.74) is 1.07. The number of carbonyl (C=O) groups excluding carboxylic acids is 1. The van der Waals surface area contributed by atoms with Gasteiger partial charge >= 0.3 is 5.97 Å². The van der Waals surface area contributed by atoms with Crippen LogP contribution in [0.25, 0.3) is 0 Å². The number of hydrogen-bond acceptors (Lipinski definition) is 7. The molecule has 5 rings (SSSR count). The van der Waals surface area contributed by atoms with Crippen molar-refractivity contribution in [2.45, 2.75) is 108 Å². The number of phenolic OH excluding ortho intramolecular Hbond substituents is 1. The number of nitrogens with zero attached hydrogens (tertiary/aromatic N) is 1. The van der Waals surface area contributed by atoms with Crippen LogP contribution >= 0.6 is 0 Å². The number of likely N-dealkylation sites (N-methyl/N-ethyl adjacent to an activating group) is 1. The molecule has 35 heavy (non-hydrogen) atoms. The van der Waals surface area contributed by atoms with E-state index in [0.29, 0.717) is 18.1 Å². The van der Waals surface area contributed by atoms with Crippen molar-refractivity contribution >= 4 is 5.97 Å². The van der Waals surface area contributed by atoms with E-state index in [-0.39, 0.29) is 35.3 Å². The Morgan fingerprint density at radius 1 is 1.31 bits per heavy atom. The fraction of sp³-hybridized carbons (Fsp3) is 0.750. The lowest BCUT2D eigenvalue weighted by Crippen LogP contribution is -2.78. The lowest BCUT2D eigenvalue weighted by molar-refractivity contribution is -0.204. The van der Waals surface area contributed by atoms with Crippen LogP contribution in [-0.2, 0) is 26.1 Å². The molecule has 7 nitrogen and oxygen atoms in total. The monoisotopic (exact) mass is 486 g/mol. The molecule has 194 valence electrons. The van der Waals surface area contributed by atoms with Gasteiger partial charge in [0.1, 0.15) is 17.7 Å². The third kappa shape index (κ3) is 3.60. The van der Waals surface area contributed by atoms with Gasteiger partial charge in [0.05, 0.1) is 11.0 Å². The second-order valence-electron chi connectivity index (χ2n) is 12.5. The summed E-state index contributed by atoms with van der Waals surface area (Å²) in [5.74, 6) is 0.929. The molecule has 4 aliphatic rings. The van der Waals surface area contributed by atoms with Crippen molar-refractivity contribution in [1.82, 2.24) is 10.2 Å². The van der Waals surface area contributed by atoms with E-state index >= 15 is 0 Å². The van der Waals surface area contributed by atoms with Gasteiger partial charge in [0.2, 0.25) is 0 Å². The van der Waals surface area contributed by atoms with Crippen LogP contribution in [0, 0.1) is 5.92 Å². The molecular weight excluding hydrogens is 444 g/mol. The Morgan fingerprint density at radius 3 is 2.71 bits per heavy atom. The molecule has 0 radical (unpaired) electrons. The minimum Gasteiger partial charge on any atom is -0.504 e. The predicted octanol–water partition coefficient (Wildman–Crippen LogP) is 3.54. The molecule has 1 saturated carbocycles. The van der Waals surface area contributed by atoms with Crippen LogP contribution < -0.4 is 10.1 Å². The van der Waals surface area contributed by atoms with Gasteiger partial charge in [0.25, 0.3) is 0 Å². The summed E-state index contributed by atoms with van der Waals surface area (Å²) in [6.07, 6.45) is 3.93. The van der Waals surface area contributed by atoms with E-state index in [9.17, 15) is 9.90 Å². The van der Waals surface area contributed by atoms with Gasteiger partial charge < -0.3 is 24.2 Å². The molecule has 2 unspecified atom stereocenters. The quantitative estimate of drug-likeness (QED) is 0.596. The second-order valence-corrected chi connectivity index (χ2v) is 12.5. The Balaban J connectivity index is 1.56. The summed E-state index contributed by atoms with van der Waals surface area (Å²) in [4.78, 5) is 15.7. The van der Waals surface area contributed by atoms with E-state index in [1.165, 1.54) is 5.56 Å². The van der Waals surface area contributed by atoms with Gasteiger partial charge in [-0.1, -0.05) is 19.9 Å². The largest absolute Gasteiger partial charge is 0.504 e. The summed E-state index contributed by atoms with van der Waals surface area (Å²) in [6.45, 7) is 10.9. The zero-order valence-electron chi connectivity index (χ0n) is 22.3. The average Bonchev–Trinajstić information content (AvgIpc) is 3.13. The molecule has 1 saturated heterocycles. The molecule has 6 atom stereocenters. The summed E-state index contributed by atoms with van der Waals surface area (Å²) in [6, 6.07) is 3.59. The molecule has 1 aromatic rings. The Labute approximate surface area is 209 Å². The maximum atomic E-state index is 13.2. The summed E-state index contributed by atoms with van der Waals surface area (Å²) in [7, 11) is 4.04. The van der Waals surface area contributed by atoms with Crippen molar-refractivity contribution in [3.63, 3.8) is 0 Å². The molecule has 1 aromatic carbocycles. The Morgan fingerprint density at radius 2 is 2.06 bits per heavy atom. The number of benzene rings is 1. The van der Waals surface area contributed by atoms with Crippen molar-refractivity contribution < 1.29 is 24.1 Å². The molecule has 2 N–H and O–H groups in total. The molecular formula is C28H42N2O5. The number of rotatable bonds is 6. The first kappa shape index (κ1) is 24.8. The van der Waals surface area contributed by atoms with Crippen molar-refractivity contribution in [1.29, 1.82) is 0 Å². The number of likely N-dealkylation sites (tertiary alicyclic amines) is 1. The number of aromatic hydroxyl groups is 1. The Hall–Kier alpha value is -1.83. The highest BCUT2D eigenvalue weighted by Crippen LogP contribution is 2.66. The van der Waals surface area contributed by atoms with Crippen molar-refractivity contribution in [3.8, 4) is 11.5 Å². The van der Waals surface area contributed by atoms with Crippen LogP contribution in [0.3, 0.4) is 0 Å². The zero-order chi connectivity index (χ0) is 25.3. The molecule has 2 aliphatic carbocycles. The fourth-order valence-electron chi connectivity index (χ4n) is 7.65. The fourth-order valence-corrected chi connectivity index (χ4v) is 7.65. The Kier molecular flexibility index (Phi) is 5.93. The minimum atomic E-state index is -0.546. The maximum absolute atomic E-state index is 13.2. The van der Waals surface area contributed by atoms with E-state index in [1.807, 2.05) is 27.9 Å². The van der Waals surface area contributed by atoms with E-state index in [0.717, 1.165) is 37.8 Å². The van der Waals surface area contributed by atoms with Gasteiger partial charge in [-0.3, -0.25) is 10.1 Å². The summed E-state index contributed by atoms with van der Waals surface area (Å²) in [5, 5.41) is 14.5. The van der Waals surface area contributed by atoms with E-state index < -0.39 is 17.2 Å². The number of carbonyl (C=O) groups is 1. The number of methoxy groups -OCH3 is 1. The van der Waals surface area contributed by atoms with Gasteiger partial charge in [0, 0.05) is 24.8 Å². The molecule has 0 amide bonds. The number of nitrogens with one attached hydrogen (secondary N) is 1. The average molecular weight is 487 g/mol. The third-order valence-corrected chi connectivity index (χ3v) is 8.87. The first-order valence-corrected chi connectivity index (χ1v) is 13.2. The third-order valence-electron chi connectivity index (χ3n) is 8.87. The molecule has 1 spiro atoms. The van der Waals surface area contributed by atoms with Gasteiger partial charge in [-0.2, -0.15) is 0 Å². The number of phenols is 1. The van der Waals surface area contributed by atoms with Gasteiger partial charge in [-0.05, 0) is 84.0 Å². The highest BCUT2D eigenvalue weighted by molar-refractivity contribution is 5.76. The highest BCUT2D eigenvalue weighted by atomic mass is 16.6. The predicted molar refractivity (Wildman–Crippen MR) is 134 cm³/mol. The van der Waals surface area contributed by atoms with Crippen LogP contribution in [-0.4, -0.2) is 72.1 Å². The number of ether oxygens (including phenoxy) is 3. The highest BCUT2D eigenvalue weighted by Gasteiger charge is 2.73.